The van der Waals surface area contributed by atoms with Crippen molar-refractivity contribution in [3.63, 3.8) is 0 Å². The van der Waals surface area contributed by atoms with Crippen LogP contribution in [0.2, 0.25) is 0 Å². The Morgan fingerprint density at radius 3 is 2.48 bits per heavy atom. The molecule has 2 saturated heterocycles. The smallest absolute Gasteiger partial charge is 0.249 e. The first-order valence-corrected chi connectivity index (χ1v) is 12.1. The Morgan fingerprint density at radius 2 is 1.90 bits per heavy atom. The fourth-order valence-electron chi connectivity index (χ4n) is 4.81. The van der Waals surface area contributed by atoms with Crippen LogP contribution < -0.4 is 10.9 Å². The lowest BCUT2D eigenvalue weighted by Crippen LogP contribution is -2.75. The maximum Gasteiger partial charge on any atom is 0.249 e. The molecule has 168 valence electrons. The molecule has 0 saturated carbocycles. The van der Waals surface area contributed by atoms with Gasteiger partial charge in [-0.25, -0.2) is 5.43 Å². The summed E-state index contributed by atoms with van der Waals surface area (Å²) in [6.45, 7) is 9.18. The summed E-state index contributed by atoms with van der Waals surface area (Å²) < 4.78 is 0. The third-order valence-corrected chi connectivity index (χ3v) is 7.89. The minimum atomic E-state index is -0.235. The van der Waals surface area contributed by atoms with Gasteiger partial charge in [0.2, 0.25) is 11.8 Å². The molecule has 0 aliphatic carbocycles. The van der Waals surface area contributed by atoms with E-state index in [1.165, 1.54) is 25.7 Å². The second-order valence-electron chi connectivity index (χ2n) is 8.70. The van der Waals surface area contributed by atoms with E-state index in [1.54, 1.807) is 19.0 Å². The number of halogens is 1. The lowest BCUT2D eigenvalue weighted by molar-refractivity contribution is -0.132. The van der Waals surface area contributed by atoms with Crippen LogP contribution in [0.5, 0.6) is 0 Å². The van der Waals surface area contributed by atoms with Gasteiger partial charge in [-0.3, -0.25) is 24.8 Å². The summed E-state index contributed by atoms with van der Waals surface area (Å²) in [6.07, 6.45) is 7.19. The highest BCUT2D eigenvalue weighted by Gasteiger charge is 2.53. The predicted octanol–water partition coefficient (Wildman–Crippen LogP) is 1.83. The van der Waals surface area contributed by atoms with Crippen LogP contribution in [0.4, 0.5) is 0 Å². The van der Waals surface area contributed by atoms with Gasteiger partial charge >= 0.3 is 0 Å². The van der Waals surface area contributed by atoms with E-state index in [9.17, 15) is 9.59 Å². The maximum absolute atomic E-state index is 12.6. The minimum Gasteiger partial charge on any atom is -0.348 e. The second kappa shape index (κ2) is 11.6. The summed E-state index contributed by atoms with van der Waals surface area (Å²) >= 11 is 3.78. The van der Waals surface area contributed by atoms with E-state index in [0.29, 0.717) is 12.5 Å². The van der Waals surface area contributed by atoms with Gasteiger partial charge in [0.05, 0.1) is 12.1 Å². The first kappa shape index (κ1) is 24.6. The first-order valence-electron chi connectivity index (χ1n) is 11.2. The number of unbranched alkanes of at least 4 members (excludes halogenated alkanes) is 3. The zero-order valence-electron chi connectivity index (χ0n) is 18.7. The monoisotopic (exact) mass is 473 g/mol. The molecule has 2 heterocycles. The van der Waals surface area contributed by atoms with Crippen molar-refractivity contribution >= 4 is 27.7 Å². The summed E-state index contributed by atoms with van der Waals surface area (Å²) in [6, 6.07) is 0. The van der Waals surface area contributed by atoms with E-state index >= 15 is 0 Å². The second-order valence-corrected chi connectivity index (χ2v) is 9.62. The summed E-state index contributed by atoms with van der Waals surface area (Å²) in [7, 11) is 3.61. The Balaban J connectivity index is 2.12. The molecule has 0 aromatic rings. The van der Waals surface area contributed by atoms with Crippen molar-refractivity contribution in [3.05, 3.63) is 0 Å². The van der Waals surface area contributed by atoms with Crippen molar-refractivity contribution in [2.24, 2.45) is 5.92 Å². The van der Waals surface area contributed by atoms with Crippen molar-refractivity contribution < 1.29 is 9.59 Å². The molecular weight excluding hydrogens is 434 g/mol. The third kappa shape index (κ3) is 5.93. The van der Waals surface area contributed by atoms with Gasteiger partial charge in [-0.05, 0) is 12.3 Å². The van der Waals surface area contributed by atoms with E-state index in [1.807, 2.05) is 0 Å². The largest absolute Gasteiger partial charge is 0.348 e. The summed E-state index contributed by atoms with van der Waals surface area (Å²) in [5, 5.41) is 0. The van der Waals surface area contributed by atoms with Gasteiger partial charge in [0.15, 0.2) is 0 Å². The number of nitrogens with one attached hydrogen (secondary N) is 2. The molecule has 0 spiro atoms. The number of hydrazine groups is 1. The first-order chi connectivity index (χ1) is 13.9. The average molecular weight is 474 g/mol. The van der Waals surface area contributed by atoms with E-state index in [-0.39, 0.29) is 22.2 Å². The zero-order chi connectivity index (χ0) is 21.4. The van der Waals surface area contributed by atoms with Crippen LogP contribution in [0.1, 0.15) is 52.4 Å². The van der Waals surface area contributed by atoms with E-state index in [4.69, 9.17) is 0 Å². The number of piperazine rings is 1. The van der Waals surface area contributed by atoms with Gasteiger partial charge in [0.1, 0.15) is 4.83 Å². The highest BCUT2D eigenvalue weighted by atomic mass is 79.9. The topological polar surface area (TPSA) is 67.9 Å². The lowest BCUT2D eigenvalue weighted by atomic mass is 9.73. The molecule has 0 radical (unpaired) electrons. The van der Waals surface area contributed by atoms with E-state index < -0.39 is 0 Å². The van der Waals surface area contributed by atoms with Crippen LogP contribution in [0.3, 0.4) is 0 Å². The molecular formula is C21H40BrN5O2. The summed E-state index contributed by atoms with van der Waals surface area (Å²) in [5.41, 5.74) is 5.75. The fraction of sp³-hybridized carbons (Fsp3) is 0.905. The van der Waals surface area contributed by atoms with Crippen molar-refractivity contribution in [1.82, 2.24) is 25.6 Å². The Hall–Kier alpha value is -0.700. The van der Waals surface area contributed by atoms with Crippen LogP contribution in [-0.4, -0.2) is 90.2 Å². The fourth-order valence-corrected chi connectivity index (χ4v) is 5.75. The molecule has 2 fully saturated rings. The normalized spacial score (nSPS) is 27.5. The number of rotatable bonds is 10. The number of carbonyl (C=O) groups excluding carboxylic acids is 2. The Kier molecular flexibility index (Phi) is 9.85. The Bertz CT molecular complexity index is 539. The summed E-state index contributed by atoms with van der Waals surface area (Å²) in [4.78, 5) is 30.9. The zero-order valence-corrected chi connectivity index (χ0v) is 20.3. The molecule has 0 aromatic heterocycles. The Morgan fingerprint density at radius 1 is 1.21 bits per heavy atom. The van der Waals surface area contributed by atoms with Crippen molar-refractivity contribution in [2.75, 3.05) is 53.4 Å². The highest BCUT2D eigenvalue weighted by molar-refractivity contribution is 9.10. The molecule has 3 atom stereocenters. The number of nitrogens with zero attached hydrogens (tertiary/aromatic N) is 3. The number of likely N-dealkylation sites (N-methyl/N-ethyl adjacent to an activating group) is 1. The van der Waals surface area contributed by atoms with Crippen LogP contribution in [0.15, 0.2) is 0 Å². The average Bonchev–Trinajstić information content (AvgIpc) is 2.71. The number of amides is 2. The standard InChI is InChI=1S/C21H40BrN5O2/c1-5-7-8-9-10-17(6-2)21(16-23-24-20(29)19(21)22)27-13-11-26(12-14-27)15-18(28)25(3)4/h17,19,23H,5-16H2,1-4H3,(H,24,29). The maximum atomic E-state index is 12.6. The van der Waals surface area contributed by atoms with Crippen molar-refractivity contribution in [3.8, 4) is 0 Å². The molecule has 2 aliphatic rings. The van der Waals surface area contributed by atoms with Gasteiger partial charge < -0.3 is 4.90 Å². The molecule has 0 bridgehead atoms. The predicted molar refractivity (Wildman–Crippen MR) is 121 cm³/mol. The number of alkyl halides is 1. The number of hydrogen-bond acceptors (Lipinski definition) is 5. The molecule has 2 aliphatic heterocycles. The van der Waals surface area contributed by atoms with E-state index in [0.717, 1.165) is 45.6 Å². The number of carbonyl (C=O) groups is 2. The van der Waals surface area contributed by atoms with Crippen LogP contribution in [-0.2, 0) is 9.59 Å². The van der Waals surface area contributed by atoms with Gasteiger partial charge in [0.25, 0.3) is 0 Å². The molecule has 0 aromatic carbocycles. The molecule has 29 heavy (non-hydrogen) atoms. The lowest BCUT2D eigenvalue weighted by Gasteiger charge is -2.55. The van der Waals surface area contributed by atoms with Gasteiger partial charge in [-0.2, -0.15) is 0 Å². The SMILES string of the molecule is CCCCCCC(CC)C1(N2CCN(CC(=O)N(C)C)CC2)CNNC(=O)C1Br. The van der Waals surface area contributed by atoms with Gasteiger partial charge in [-0.15, -0.1) is 0 Å². The molecule has 2 amide bonds. The van der Waals surface area contributed by atoms with Crippen LogP contribution >= 0.6 is 15.9 Å². The quantitative estimate of drug-likeness (QED) is 0.374. The molecule has 3 unspecified atom stereocenters. The molecule has 8 heteroatoms. The summed E-state index contributed by atoms with van der Waals surface area (Å²) in [5.74, 6) is 0.610. The Labute approximate surface area is 185 Å². The third-order valence-electron chi connectivity index (χ3n) is 6.68. The van der Waals surface area contributed by atoms with E-state index in [2.05, 4.69) is 50.4 Å². The molecule has 2 N–H and O–H groups in total. The van der Waals surface area contributed by atoms with Crippen molar-refractivity contribution in [1.29, 1.82) is 0 Å². The van der Waals surface area contributed by atoms with Crippen molar-refractivity contribution in [2.45, 2.75) is 62.7 Å². The van der Waals surface area contributed by atoms with Gasteiger partial charge in [0, 0.05) is 46.8 Å². The van der Waals surface area contributed by atoms with Crippen LogP contribution in [0.25, 0.3) is 0 Å². The molecule has 7 nitrogen and oxygen atoms in total. The minimum absolute atomic E-state index is 0.0217. The highest BCUT2D eigenvalue weighted by Crippen LogP contribution is 2.39. The van der Waals surface area contributed by atoms with Crippen LogP contribution in [0, 0.1) is 5.92 Å². The molecule has 2 rings (SSSR count). The van der Waals surface area contributed by atoms with Gasteiger partial charge in [-0.1, -0.05) is 61.9 Å². The number of hydrogen-bond donors (Lipinski definition) is 2.